The Hall–Kier alpha value is -1.74. The number of nitrogens with zero attached hydrogens (tertiary/aromatic N) is 1. The summed E-state index contributed by atoms with van der Waals surface area (Å²) in [6, 6.07) is 1.60. The maximum absolute atomic E-state index is 13.5. The fourth-order valence-electron chi connectivity index (χ4n) is 3.17. The summed E-state index contributed by atoms with van der Waals surface area (Å²) in [6.45, 7) is 2.26. The van der Waals surface area contributed by atoms with Crippen LogP contribution < -0.4 is 9.62 Å². The maximum atomic E-state index is 13.5. The number of rotatable bonds is 9. The molecule has 1 fully saturated rings. The highest BCUT2D eigenvalue weighted by Crippen LogP contribution is 2.23. The molecule has 1 unspecified atom stereocenters. The van der Waals surface area contributed by atoms with Crippen molar-refractivity contribution in [2.24, 2.45) is 0 Å². The molecule has 1 aliphatic carbocycles. The number of hydrogen-bond donors (Lipinski definition) is 1. The van der Waals surface area contributed by atoms with E-state index in [1.807, 2.05) is 0 Å². The Morgan fingerprint density at radius 2 is 1.96 bits per heavy atom. The second-order valence-corrected chi connectivity index (χ2v) is 8.61. The van der Waals surface area contributed by atoms with E-state index in [-0.39, 0.29) is 5.69 Å². The van der Waals surface area contributed by atoms with E-state index in [1.165, 1.54) is 19.8 Å². The SMILES string of the molecule is CC(C(=O)NCCCOC1CCCC1)N(c1ccc(F)c(F)c1)S(C)(=O)=O. The minimum atomic E-state index is -3.88. The molecular formula is C18H26F2N2O4S. The number of carbonyl (C=O) groups is 1. The Bertz CT molecular complexity index is 752. The quantitative estimate of drug-likeness (QED) is 0.642. The van der Waals surface area contributed by atoms with Crippen LogP contribution in [0.1, 0.15) is 39.0 Å². The molecule has 1 amide bonds. The van der Waals surface area contributed by atoms with Crippen LogP contribution >= 0.6 is 0 Å². The van der Waals surface area contributed by atoms with E-state index in [1.54, 1.807) is 0 Å². The third-order valence-electron chi connectivity index (χ3n) is 4.52. The molecule has 0 aromatic heterocycles. The van der Waals surface area contributed by atoms with Crippen LogP contribution in [-0.2, 0) is 19.6 Å². The second-order valence-electron chi connectivity index (χ2n) is 6.76. The molecule has 0 bridgehead atoms. The van der Waals surface area contributed by atoms with Gasteiger partial charge in [0.25, 0.3) is 0 Å². The fraction of sp³-hybridized carbons (Fsp3) is 0.611. The van der Waals surface area contributed by atoms with Crippen LogP contribution in [0.5, 0.6) is 0 Å². The first-order valence-electron chi connectivity index (χ1n) is 9.04. The van der Waals surface area contributed by atoms with Crippen LogP contribution in [0, 0.1) is 11.6 Å². The molecule has 1 N–H and O–H groups in total. The van der Waals surface area contributed by atoms with Gasteiger partial charge in [-0.1, -0.05) is 12.8 Å². The van der Waals surface area contributed by atoms with E-state index in [0.29, 0.717) is 25.7 Å². The van der Waals surface area contributed by atoms with Gasteiger partial charge in [-0.15, -0.1) is 0 Å². The van der Waals surface area contributed by atoms with Gasteiger partial charge in [0.15, 0.2) is 11.6 Å². The lowest BCUT2D eigenvalue weighted by molar-refractivity contribution is -0.121. The Morgan fingerprint density at radius 1 is 1.30 bits per heavy atom. The molecule has 0 heterocycles. The van der Waals surface area contributed by atoms with Crippen molar-refractivity contribution in [2.45, 2.75) is 51.2 Å². The van der Waals surface area contributed by atoms with Crippen molar-refractivity contribution in [3.05, 3.63) is 29.8 Å². The Balaban J connectivity index is 1.92. The number of halogens is 2. The van der Waals surface area contributed by atoms with Crippen molar-refractivity contribution < 1.29 is 26.7 Å². The Morgan fingerprint density at radius 3 is 2.56 bits per heavy atom. The molecule has 1 aromatic carbocycles. The van der Waals surface area contributed by atoms with Crippen molar-refractivity contribution in [1.29, 1.82) is 0 Å². The largest absolute Gasteiger partial charge is 0.378 e. The normalized spacial score (nSPS) is 16.3. The fourth-order valence-corrected chi connectivity index (χ4v) is 4.33. The highest BCUT2D eigenvalue weighted by atomic mass is 32.2. The Kier molecular flexibility index (Phi) is 7.55. The molecule has 0 radical (unpaired) electrons. The minimum absolute atomic E-state index is 0.108. The molecule has 0 spiro atoms. The molecule has 1 aromatic rings. The summed E-state index contributed by atoms with van der Waals surface area (Å²) in [5.41, 5.74) is -0.108. The maximum Gasteiger partial charge on any atom is 0.243 e. The molecule has 6 nitrogen and oxygen atoms in total. The average molecular weight is 404 g/mol. The molecule has 0 saturated heterocycles. The van der Waals surface area contributed by atoms with E-state index in [9.17, 15) is 22.0 Å². The predicted molar refractivity (Wildman–Crippen MR) is 99.0 cm³/mol. The van der Waals surface area contributed by atoms with Crippen molar-refractivity contribution >= 4 is 21.6 Å². The van der Waals surface area contributed by atoms with Gasteiger partial charge < -0.3 is 10.1 Å². The van der Waals surface area contributed by atoms with Crippen molar-refractivity contribution in [3.63, 3.8) is 0 Å². The van der Waals surface area contributed by atoms with Gasteiger partial charge in [0, 0.05) is 19.2 Å². The van der Waals surface area contributed by atoms with E-state index >= 15 is 0 Å². The first-order valence-corrected chi connectivity index (χ1v) is 10.9. The van der Waals surface area contributed by atoms with Gasteiger partial charge in [0.1, 0.15) is 6.04 Å². The van der Waals surface area contributed by atoms with Crippen molar-refractivity contribution in [3.8, 4) is 0 Å². The first kappa shape index (κ1) is 21.6. The van der Waals surface area contributed by atoms with Gasteiger partial charge in [-0.2, -0.15) is 0 Å². The van der Waals surface area contributed by atoms with Gasteiger partial charge in [-0.3, -0.25) is 9.10 Å². The molecule has 1 atom stereocenters. The molecule has 1 aliphatic rings. The summed E-state index contributed by atoms with van der Waals surface area (Å²) >= 11 is 0. The highest BCUT2D eigenvalue weighted by molar-refractivity contribution is 7.92. The van der Waals surface area contributed by atoms with E-state index < -0.39 is 33.6 Å². The summed E-state index contributed by atoms with van der Waals surface area (Å²) < 4.78 is 57.3. The zero-order valence-corrected chi connectivity index (χ0v) is 16.4. The Labute approximate surface area is 158 Å². The van der Waals surface area contributed by atoms with Crippen LogP contribution in [0.15, 0.2) is 18.2 Å². The molecule has 152 valence electrons. The van der Waals surface area contributed by atoms with Crippen LogP contribution in [0.25, 0.3) is 0 Å². The summed E-state index contributed by atoms with van der Waals surface area (Å²) in [5.74, 6) is -2.80. The van der Waals surface area contributed by atoms with Crippen LogP contribution in [0.2, 0.25) is 0 Å². The number of hydrogen-bond acceptors (Lipinski definition) is 4. The molecule has 27 heavy (non-hydrogen) atoms. The monoisotopic (exact) mass is 404 g/mol. The average Bonchev–Trinajstić information content (AvgIpc) is 3.10. The van der Waals surface area contributed by atoms with Gasteiger partial charge in [0.05, 0.1) is 18.0 Å². The van der Waals surface area contributed by atoms with Crippen molar-refractivity contribution in [2.75, 3.05) is 23.7 Å². The number of nitrogens with one attached hydrogen (secondary N) is 1. The zero-order valence-electron chi connectivity index (χ0n) is 15.6. The van der Waals surface area contributed by atoms with Gasteiger partial charge in [-0.25, -0.2) is 17.2 Å². The van der Waals surface area contributed by atoms with Gasteiger partial charge in [0.2, 0.25) is 15.9 Å². The first-order chi connectivity index (χ1) is 12.7. The topological polar surface area (TPSA) is 75.7 Å². The second kappa shape index (κ2) is 9.45. The third kappa shape index (κ3) is 6.14. The molecule has 1 saturated carbocycles. The number of amides is 1. The predicted octanol–water partition coefficient (Wildman–Crippen LogP) is 2.58. The van der Waals surface area contributed by atoms with E-state index in [2.05, 4.69) is 5.32 Å². The summed E-state index contributed by atoms with van der Waals surface area (Å²) in [5, 5.41) is 2.66. The third-order valence-corrected chi connectivity index (χ3v) is 5.76. The van der Waals surface area contributed by atoms with Crippen molar-refractivity contribution in [1.82, 2.24) is 5.32 Å². The lowest BCUT2D eigenvalue weighted by Gasteiger charge is -2.28. The van der Waals surface area contributed by atoms with Gasteiger partial charge in [-0.05, 0) is 38.3 Å². The van der Waals surface area contributed by atoms with Gasteiger partial charge >= 0.3 is 0 Å². The molecule has 0 aliphatic heterocycles. The number of benzene rings is 1. The highest BCUT2D eigenvalue weighted by Gasteiger charge is 2.29. The summed E-state index contributed by atoms with van der Waals surface area (Å²) in [7, 11) is -3.88. The molecular weight excluding hydrogens is 378 g/mol. The van der Waals surface area contributed by atoms with Crippen LogP contribution in [-0.4, -0.2) is 45.9 Å². The smallest absolute Gasteiger partial charge is 0.243 e. The lowest BCUT2D eigenvalue weighted by atomic mass is 10.2. The number of ether oxygens (including phenoxy) is 1. The van der Waals surface area contributed by atoms with Crippen LogP contribution in [0.4, 0.5) is 14.5 Å². The molecule has 2 rings (SSSR count). The summed E-state index contributed by atoms with van der Waals surface area (Å²) in [6.07, 6.45) is 6.33. The van der Waals surface area contributed by atoms with Crippen LogP contribution in [0.3, 0.4) is 0 Å². The van der Waals surface area contributed by atoms with E-state index in [4.69, 9.17) is 4.74 Å². The number of carbonyl (C=O) groups excluding carboxylic acids is 1. The molecule has 9 heteroatoms. The summed E-state index contributed by atoms with van der Waals surface area (Å²) in [4.78, 5) is 12.3. The zero-order chi connectivity index (χ0) is 20.0. The number of sulfonamides is 1. The minimum Gasteiger partial charge on any atom is -0.378 e. The number of anilines is 1. The van der Waals surface area contributed by atoms with E-state index in [0.717, 1.165) is 41.6 Å². The lowest BCUT2D eigenvalue weighted by Crippen LogP contribution is -2.48. The standard InChI is InChI=1S/C18H26F2N2O4S/c1-13(18(23)21-10-5-11-26-15-6-3-4-7-15)22(27(2,24)25)14-8-9-16(19)17(20)12-14/h8-9,12-13,15H,3-7,10-11H2,1-2H3,(H,21,23).